The molecule has 0 heterocycles. The predicted molar refractivity (Wildman–Crippen MR) is 114 cm³/mol. The number of halogens is 1. The lowest BCUT2D eigenvalue weighted by Crippen LogP contribution is -2.36. The summed E-state index contributed by atoms with van der Waals surface area (Å²) in [4.78, 5) is 11.6. The van der Waals surface area contributed by atoms with Gasteiger partial charge < -0.3 is 10.5 Å². The minimum Gasteiger partial charge on any atom is -0.460 e. The molecule has 2 rings (SSSR count). The lowest BCUT2D eigenvalue weighted by Gasteiger charge is -2.36. The number of rotatable bonds is 6. The van der Waals surface area contributed by atoms with Crippen molar-refractivity contribution < 1.29 is 9.53 Å². The third-order valence-electron chi connectivity index (χ3n) is 5.09. The van der Waals surface area contributed by atoms with Crippen molar-refractivity contribution in [1.29, 1.82) is 0 Å². The average molecular weight is 390 g/mol. The van der Waals surface area contributed by atoms with Crippen molar-refractivity contribution in [1.82, 2.24) is 0 Å². The van der Waals surface area contributed by atoms with Crippen LogP contribution >= 0.6 is 12.4 Å². The molecule has 0 aromatic heterocycles. The smallest absolute Gasteiger partial charge is 0.306 e. The Bertz CT molecular complexity index is 391. The van der Waals surface area contributed by atoms with Gasteiger partial charge in [-0.2, -0.15) is 0 Å². The van der Waals surface area contributed by atoms with Crippen molar-refractivity contribution in [3.05, 3.63) is 0 Å². The molecule has 0 bridgehead atoms. The second-order valence-electron chi connectivity index (χ2n) is 10.4. The summed E-state index contributed by atoms with van der Waals surface area (Å²) in [5.41, 5.74) is 5.31. The van der Waals surface area contributed by atoms with Gasteiger partial charge in [0.15, 0.2) is 0 Å². The highest BCUT2D eigenvalue weighted by atomic mass is 35.5. The Morgan fingerprint density at radius 3 is 1.69 bits per heavy atom. The van der Waals surface area contributed by atoms with Gasteiger partial charge in [-0.05, 0) is 88.9 Å². The summed E-state index contributed by atoms with van der Waals surface area (Å²) in [6.07, 6.45) is 8.30. The van der Waals surface area contributed by atoms with Crippen LogP contribution in [0.25, 0.3) is 0 Å². The number of nitrogens with two attached hydrogens (primary N) is 1. The van der Waals surface area contributed by atoms with Crippen LogP contribution in [0.5, 0.6) is 0 Å². The average Bonchev–Trinajstić information content (AvgIpc) is 2.31. The number of carbonyl (C=O) groups is 1. The third kappa shape index (κ3) is 11.4. The number of hydrogen-bond acceptors (Lipinski definition) is 3. The van der Waals surface area contributed by atoms with E-state index < -0.39 is 0 Å². The fraction of sp³-hybridized carbons (Fsp3) is 0.955. The molecule has 3 nitrogen and oxygen atoms in total. The van der Waals surface area contributed by atoms with Gasteiger partial charge in [0.2, 0.25) is 0 Å². The molecular formula is C22H44ClNO2. The van der Waals surface area contributed by atoms with Gasteiger partial charge in [-0.3, -0.25) is 4.79 Å². The summed E-state index contributed by atoms with van der Waals surface area (Å²) in [5.74, 6) is 4.02. The molecule has 0 atom stereocenters. The van der Waals surface area contributed by atoms with Gasteiger partial charge in [0, 0.05) is 12.5 Å². The summed E-state index contributed by atoms with van der Waals surface area (Å²) in [6, 6.07) is 0.536. The van der Waals surface area contributed by atoms with Crippen LogP contribution in [0.4, 0.5) is 0 Å². The van der Waals surface area contributed by atoms with E-state index in [4.69, 9.17) is 10.5 Å². The maximum Gasteiger partial charge on any atom is 0.306 e. The Kier molecular flexibility index (Phi) is 11.4. The Hall–Kier alpha value is -0.280. The molecule has 2 aliphatic carbocycles. The molecule has 2 saturated carbocycles. The number of carbonyl (C=O) groups excluding carboxylic acids is 1. The van der Waals surface area contributed by atoms with Crippen molar-refractivity contribution in [2.24, 2.45) is 35.3 Å². The van der Waals surface area contributed by atoms with Crippen molar-refractivity contribution in [2.75, 3.05) is 0 Å². The van der Waals surface area contributed by atoms with Gasteiger partial charge in [0.05, 0.1) is 0 Å². The zero-order chi connectivity index (χ0) is 19.2. The van der Waals surface area contributed by atoms with Crippen molar-refractivity contribution >= 4 is 18.4 Å². The Labute approximate surface area is 168 Å². The standard InChI is InChI=1S/C14H26O2.C8H17N.ClH/c1-10(2)6-11-7-12(8-11)9-13(15)16-14(3,4)5;1-6(2)3-7-4-8(9)5-7;/h10-12H,6-9H2,1-5H3;6-8H,3-5,9H2,1-2H3;1H. The summed E-state index contributed by atoms with van der Waals surface area (Å²) >= 11 is 0. The molecule has 0 saturated heterocycles. The molecule has 2 aliphatic rings. The van der Waals surface area contributed by atoms with E-state index in [0.717, 1.165) is 23.7 Å². The van der Waals surface area contributed by atoms with Crippen LogP contribution in [0.15, 0.2) is 0 Å². The SMILES string of the molecule is CC(C)CC1CC(CC(=O)OC(C)(C)C)C1.CC(C)CC1CC(N)C1.Cl. The molecule has 0 aliphatic heterocycles. The normalized spacial score (nSPS) is 27.6. The predicted octanol–water partition coefficient (Wildman–Crippen LogP) is 5.98. The molecular weight excluding hydrogens is 346 g/mol. The second kappa shape index (κ2) is 11.5. The van der Waals surface area contributed by atoms with Crippen LogP contribution in [-0.2, 0) is 9.53 Å². The fourth-order valence-electron chi connectivity index (χ4n) is 4.16. The van der Waals surface area contributed by atoms with Crippen molar-refractivity contribution in [3.8, 4) is 0 Å². The second-order valence-corrected chi connectivity index (χ2v) is 10.4. The first-order valence-electron chi connectivity index (χ1n) is 10.4. The van der Waals surface area contributed by atoms with E-state index in [1.54, 1.807) is 0 Å². The third-order valence-corrected chi connectivity index (χ3v) is 5.09. The summed E-state index contributed by atoms with van der Waals surface area (Å²) < 4.78 is 5.32. The van der Waals surface area contributed by atoms with Crippen LogP contribution in [-0.4, -0.2) is 17.6 Å². The van der Waals surface area contributed by atoms with Crippen LogP contribution < -0.4 is 5.73 Å². The minimum atomic E-state index is -0.335. The fourth-order valence-corrected chi connectivity index (χ4v) is 4.16. The Morgan fingerprint density at radius 1 is 0.923 bits per heavy atom. The minimum absolute atomic E-state index is 0. The molecule has 0 aromatic rings. The van der Waals surface area contributed by atoms with Gasteiger partial charge in [-0.25, -0.2) is 0 Å². The molecule has 156 valence electrons. The van der Waals surface area contributed by atoms with Crippen LogP contribution in [0.2, 0.25) is 0 Å². The highest BCUT2D eigenvalue weighted by molar-refractivity contribution is 5.85. The molecule has 0 amide bonds. The maximum absolute atomic E-state index is 11.6. The van der Waals surface area contributed by atoms with E-state index in [-0.39, 0.29) is 24.0 Å². The van der Waals surface area contributed by atoms with Crippen molar-refractivity contribution in [3.63, 3.8) is 0 Å². The molecule has 4 heteroatoms. The van der Waals surface area contributed by atoms with Gasteiger partial charge in [-0.15, -0.1) is 12.4 Å². The molecule has 0 aromatic carbocycles. The van der Waals surface area contributed by atoms with Crippen LogP contribution in [0, 0.1) is 29.6 Å². The quantitative estimate of drug-likeness (QED) is 0.568. The van der Waals surface area contributed by atoms with Crippen LogP contribution in [0.3, 0.4) is 0 Å². The molecule has 0 radical (unpaired) electrons. The lowest BCUT2D eigenvalue weighted by atomic mass is 9.70. The monoisotopic (exact) mass is 389 g/mol. The summed E-state index contributed by atoms with van der Waals surface area (Å²) in [6.45, 7) is 14.9. The van der Waals surface area contributed by atoms with E-state index in [9.17, 15) is 4.79 Å². The Morgan fingerprint density at radius 2 is 1.35 bits per heavy atom. The van der Waals surface area contributed by atoms with E-state index >= 15 is 0 Å². The zero-order valence-corrected chi connectivity index (χ0v) is 19.0. The summed E-state index contributed by atoms with van der Waals surface area (Å²) in [5, 5.41) is 0. The molecule has 2 fully saturated rings. The first-order chi connectivity index (χ1) is 11.4. The molecule has 26 heavy (non-hydrogen) atoms. The topological polar surface area (TPSA) is 52.3 Å². The van der Waals surface area contributed by atoms with Gasteiger partial charge in [0.1, 0.15) is 5.60 Å². The molecule has 0 spiro atoms. The summed E-state index contributed by atoms with van der Waals surface area (Å²) in [7, 11) is 0. The first kappa shape index (κ1) is 25.7. The highest BCUT2D eigenvalue weighted by Crippen LogP contribution is 2.40. The van der Waals surface area contributed by atoms with Crippen LogP contribution in [0.1, 0.15) is 93.4 Å². The van der Waals surface area contributed by atoms with E-state index in [0.29, 0.717) is 18.4 Å². The number of hydrogen-bond donors (Lipinski definition) is 1. The number of ether oxygens (including phenoxy) is 1. The highest BCUT2D eigenvalue weighted by Gasteiger charge is 2.32. The van der Waals surface area contributed by atoms with Gasteiger partial charge in [0.25, 0.3) is 0 Å². The van der Waals surface area contributed by atoms with E-state index in [2.05, 4.69) is 27.7 Å². The van der Waals surface area contributed by atoms with E-state index in [1.165, 1.54) is 38.5 Å². The van der Waals surface area contributed by atoms with Gasteiger partial charge in [-0.1, -0.05) is 27.7 Å². The molecule has 0 unspecified atom stereocenters. The molecule has 2 N–H and O–H groups in total. The first-order valence-corrected chi connectivity index (χ1v) is 10.4. The number of esters is 1. The van der Waals surface area contributed by atoms with Crippen molar-refractivity contribution in [2.45, 2.75) is 105 Å². The maximum atomic E-state index is 11.6. The van der Waals surface area contributed by atoms with Gasteiger partial charge >= 0.3 is 5.97 Å². The largest absolute Gasteiger partial charge is 0.460 e. The lowest BCUT2D eigenvalue weighted by molar-refractivity contribution is -0.157. The zero-order valence-electron chi connectivity index (χ0n) is 18.2. The van der Waals surface area contributed by atoms with E-state index in [1.807, 2.05) is 20.8 Å². The Balaban J connectivity index is 0.000000532.